The molecule has 2 aromatic carbocycles. The molecule has 7 nitrogen and oxygen atoms in total. The number of benzene rings is 2. The van der Waals surface area contributed by atoms with Crippen LogP contribution < -0.4 is 14.8 Å². The van der Waals surface area contributed by atoms with E-state index < -0.39 is 0 Å². The summed E-state index contributed by atoms with van der Waals surface area (Å²) >= 11 is 1.67. The lowest BCUT2D eigenvalue weighted by Crippen LogP contribution is -2.37. The number of anilines is 1. The maximum atomic E-state index is 12.6. The van der Waals surface area contributed by atoms with Gasteiger partial charge in [0, 0.05) is 24.7 Å². The minimum Gasteiger partial charge on any atom is -0.486 e. The van der Waals surface area contributed by atoms with Gasteiger partial charge in [0.25, 0.3) is 0 Å². The predicted octanol–water partition coefficient (Wildman–Crippen LogP) is 3.88. The van der Waals surface area contributed by atoms with Crippen molar-refractivity contribution in [3.05, 3.63) is 47.5 Å². The number of aryl methyl sites for hydroxylation is 1. The molecule has 1 N–H and O–H groups in total. The first-order valence-corrected chi connectivity index (χ1v) is 11.3. The fraction of sp³-hybridized carbons (Fsp3) is 0.348. The van der Waals surface area contributed by atoms with Gasteiger partial charge in [-0.3, -0.25) is 9.59 Å². The van der Waals surface area contributed by atoms with Crippen molar-refractivity contribution < 1.29 is 19.1 Å². The summed E-state index contributed by atoms with van der Waals surface area (Å²) in [5, 5.41) is 3.87. The van der Waals surface area contributed by atoms with Gasteiger partial charge in [0.15, 0.2) is 11.5 Å². The number of hydrogen-bond donors (Lipinski definition) is 1. The van der Waals surface area contributed by atoms with Gasteiger partial charge in [0.1, 0.15) is 13.2 Å². The van der Waals surface area contributed by atoms with Crippen LogP contribution in [0.25, 0.3) is 10.2 Å². The second-order valence-corrected chi connectivity index (χ2v) is 8.36. The van der Waals surface area contributed by atoms with E-state index in [4.69, 9.17) is 9.47 Å². The molecule has 0 radical (unpaired) electrons. The molecule has 1 aliphatic rings. The Balaban J connectivity index is 1.26. The van der Waals surface area contributed by atoms with E-state index in [0.717, 1.165) is 21.6 Å². The van der Waals surface area contributed by atoms with Crippen molar-refractivity contribution in [2.45, 2.75) is 26.2 Å². The van der Waals surface area contributed by atoms with Crippen LogP contribution in [0.2, 0.25) is 0 Å². The van der Waals surface area contributed by atoms with Gasteiger partial charge in [-0.05, 0) is 44.0 Å². The summed E-state index contributed by atoms with van der Waals surface area (Å²) in [6.07, 6.45) is 1.85. The zero-order chi connectivity index (χ0) is 21.6. The number of fused-ring (bicyclic) bond motifs is 2. The second kappa shape index (κ2) is 9.78. The quantitative estimate of drug-likeness (QED) is 0.576. The van der Waals surface area contributed by atoms with Crippen LogP contribution >= 0.6 is 11.3 Å². The number of para-hydroxylation sites is 1. The fourth-order valence-corrected chi connectivity index (χ4v) is 4.46. The van der Waals surface area contributed by atoms with Crippen LogP contribution in [0.5, 0.6) is 11.5 Å². The zero-order valence-corrected chi connectivity index (χ0v) is 18.2. The third-order valence-corrected chi connectivity index (χ3v) is 6.11. The number of carbonyl (C=O) groups is 2. The molecule has 0 aliphatic carbocycles. The molecule has 162 valence electrons. The van der Waals surface area contributed by atoms with Gasteiger partial charge in [0.05, 0.1) is 21.8 Å². The van der Waals surface area contributed by atoms with E-state index in [1.807, 2.05) is 25.1 Å². The van der Waals surface area contributed by atoms with Crippen molar-refractivity contribution in [3.8, 4) is 11.5 Å². The molecule has 3 aromatic rings. The molecular formula is C23H25N3O4S. The predicted molar refractivity (Wildman–Crippen MR) is 121 cm³/mol. The van der Waals surface area contributed by atoms with Gasteiger partial charge in [-0.25, -0.2) is 4.98 Å². The summed E-state index contributed by atoms with van der Waals surface area (Å²) in [6, 6.07) is 13.3. The van der Waals surface area contributed by atoms with E-state index in [1.54, 1.807) is 34.4 Å². The molecule has 2 amide bonds. The Bertz CT molecular complexity index is 1050. The highest BCUT2D eigenvalue weighted by Gasteiger charge is 2.17. The van der Waals surface area contributed by atoms with Crippen molar-refractivity contribution in [3.63, 3.8) is 0 Å². The van der Waals surface area contributed by atoms with E-state index in [-0.39, 0.29) is 18.4 Å². The summed E-state index contributed by atoms with van der Waals surface area (Å²) in [6.45, 7) is 3.38. The maximum absolute atomic E-state index is 12.6. The highest BCUT2D eigenvalue weighted by Crippen LogP contribution is 2.32. The molecular weight excluding hydrogens is 414 g/mol. The van der Waals surface area contributed by atoms with Gasteiger partial charge in [-0.1, -0.05) is 12.1 Å². The Labute approximate surface area is 185 Å². The summed E-state index contributed by atoms with van der Waals surface area (Å²) < 4.78 is 12.2. The van der Waals surface area contributed by atoms with Gasteiger partial charge in [-0.15, -0.1) is 11.3 Å². The van der Waals surface area contributed by atoms with Crippen LogP contribution in [0.15, 0.2) is 42.5 Å². The summed E-state index contributed by atoms with van der Waals surface area (Å²) in [7, 11) is 0. The Morgan fingerprint density at radius 3 is 2.74 bits per heavy atom. The molecule has 0 unspecified atom stereocenters. The summed E-state index contributed by atoms with van der Waals surface area (Å²) in [5.74, 6) is 1.02. The first kappa shape index (κ1) is 21.1. The van der Waals surface area contributed by atoms with Gasteiger partial charge in [0.2, 0.25) is 11.8 Å². The molecule has 0 spiro atoms. The van der Waals surface area contributed by atoms with Crippen molar-refractivity contribution in [1.82, 2.24) is 9.88 Å². The van der Waals surface area contributed by atoms with Crippen LogP contribution in [-0.4, -0.2) is 48.0 Å². The van der Waals surface area contributed by atoms with E-state index in [2.05, 4.69) is 16.4 Å². The number of nitrogens with zero attached hydrogens (tertiary/aromatic N) is 2. The number of rotatable bonds is 8. The molecule has 0 saturated carbocycles. The molecule has 1 aliphatic heterocycles. The largest absolute Gasteiger partial charge is 0.486 e. The molecule has 31 heavy (non-hydrogen) atoms. The van der Waals surface area contributed by atoms with Crippen molar-refractivity contribution in [2.24, 2.45) is 0 Å². The van der Waals surface area contributed by atoms with Crippen molar-refractivity contribution in [1.29, 1.82) is 0 Å². The highest BCUT2D eigenvalue weighted by atomic mass is 32.1. The lowest BCUT2D eigenvalue weighted by atomic mass is 10.2. The molecule has 0 bridgehead atoms. The smallest absolute Gasteiger partial charge is 0.243 e. The monoisotopic (exact) mass is 439 g/mol. The van der Waals surface area contributed by atoms with Crippen LogP contribution in [0.3, 0.4) is 0 Å². The van der Waals surface area contributed by atoms with Crippen LogP contribution in [0, 0.1) is 0 Å². The topological polar surface area (TPSA) is 80.8 Å². The normalized spacial score (nSPS) is 12.5. The molecule has 8 heteroatoms. The van der Waals surface area contributed by atoms with Crippen LogP contribution in [0.4, 0.5) is 5.69 Å². The molecule has 0 atom stereocenters. The summed E-state index contributed by atoms with van der Waals surface area (Å²) in [5.41, 5.74) is 1.62. The number of carbonyl (C=O) groups excluding carboxylic acids is 2. The summed E-state index contributed by atoms with van der Waals surface area (Å²) in [4.78, 5) is 31.3. The standard InChI is InChI=1S/C23H25N3O4S/c1-2-26(15-21(27)24-16-10-11-18-19(14-16)30-13-12-29-18)23(28)9-5-8-22-25-17-6-3-4-7-20(17)31-22/h3-4,6-7,10-11,14H,2,5,8-9,12-13,15H2,1H3,(H,24,27). The van der Waals surface area contributed by atoms with E-state index >= 15 is 0 Å². The molecule has 4 rings (SSSR count). The van der Waals surface area contributed by atoms with Gasteiger partial charge >= 0.3 is 0 Å². The van der Waals surface area contributed by atoms with E-state index in [0.29, 0.717) is 49.8 Å². The molecule has 2 heterocycles. The number of likely N-dealkylation sites (N-methyl/N-ethyl adjacent to an activating group) is 1. The third kappa shape index (κ3) is 5.32. The highest BCUT2D eigenvalue weighted by molar-refractivity contribution is 7.18. The van der Waals surface area contributed by atoms with Crippen LogP contribution in [0.1, 0.15) is 24.8 Å². The SMILES string of the molecule is CCN(CC(=O)Nc1ccc2c(c1)OCCO2)C(=O)CCCc1nc2ccccc2s1. The first-order valence-electron chi connectivity index (χ1n) is 10.4. The second-order valence-electron chi connectivity index (χ2n) is 7.24. The molecule has 0 fully saturated rings. The Morgan fingerprint density at radius 2 is 1.94 bits per heavy atom. The van der Waals surface area contributed by atoms with E-state index in [9.17, 15) is 9.59 Å². The minimum atomic E-state index is -0.238. The zero-order valence-electron chi connectivity index (χ0n) is 17.4. The molecule has 0 saturated heterocycles. The average Bonchev–Trinajstić information content (AvgIpc) is 3.20. The van der Waals surface area contributed by atoms with E-state index in [1.165, 1.54) is 0 Å². The number of hydrogen-bond acceptors (Lipinski definition) is 6. The van der Waals surface area contributed by atoms with Crippen LogP contribution in [-0.2, 0) is 16.0 Å². The van der Waals surface area contributed by atoms with Crippen molar-refractivity contribution >= 4 is 39.1 Å². The average molecular weight is 440 g/mol. The number of ether oxygens (including phenoxy) is 2. The Hall–Kier alpha value is -3.13. The number of nitrogens with one attached hydrogen (secondary N) is 1. The number of amides is 2. The first-order chi connectivity index (χ1) is 15.1. The van der Waals surface area contributed by atoms with Gasteiger partial charge < -0.3 is 19.7 Å². The lowest BCUT2D eigenvalue weighted by Gasteiger charge is -2.21. The maximum Gasteiger partial charge on any atom is 0.243 e. The Morgan fingerprint density at radius 1 is 1.13 bits per heavy atom. The fourth-order valence-electron chi connectivity index (χ4n) is 3.45. The number of thiazole rings is 1. The van der Waals surface area contributed by atoms with Crippen molar-refractivity contribution in [2.75, 3.05) is 31.6 Å². The van der Waals surface area contributed by atoms with Gasteiger partial charge in [-0.2, -0.15) is 0 Å². The Kier molecular flexibility index (Phi) is 6.66. The lowest BCUT2D eigenvalue weighted by molar-refractivity contribution is -0.134. The molecule has 1 aromatic heterocycles. The number of aromatic nitrogens is 1. The third-order valence-electron chi connectivity index (χ3n) is 5.01. The minimum absolute atomic E-state index is 0.0188.